The summed E-state index contributed by atoms with van der Waals surface area (Å²) < 4.78 is 33.4. The van der Waals surface area contributed by atoms with Crippen LogP contribution in [0.25, 0.3) is 11.4 Å². The average Bonchev–Trinajstić information content (AvgIpc) is 3.20. The molecule has 0 amide bonds. The Bertz CT molecular complexity index is 967. The lowest BCUT2D eigenvalue weighted by atomic mass is 10.2. The van der Waals surface area contributed by atoms with E-state index in [1.165, 1.54) is 0 Å². The van der Waals surface area contributed by atoms with E-state index in [4.69, 9.17) is 22.1 Å². The standard InChI is InChI=1S/C19H26N4O3S2/c1-3-10-22-18(16-7-5-4-6-8-16)20-23(19(22)27)15-21(11-12-26-2)17-9-13-28(24,25)14-17/h3-8,17H,1,9-15H2,2H3/t17-/m1/s1. The summed E-state index contributed by atoms with van der Waals surface area (Å²) in [5, 5.41) is 4.75. The second kappa shape index (κ2) is 9.13. The predicted octanol–water partition coefficient (Wildman–Crippen LogP) is 2.36. The number of nitrogens with zero attached hydrogens (tertiary/aromatic N) is 4. The monoisotopic (exact) mass is 422 g/mol. The van der Waals surface area contributed by atoms with Crippen molar-refractivity contribution in [2.45, 2.75) is 25.7 Å². The second-order valence-electron chi connectivity index (χ2n) is 6.87. The van der Waals surface area contributed by atoms with Crippen LogP contribution in [0.4, 0.5) is 0 Å². The Hall–Kier alpha value is -1.81. The Balaban J connectivity index is 1.92. The van der Waals surface area contributed by atoms with Gasteiger partial charge in [0.1, 0.15) is 0 Å². The maximum Gasteiger partial charge on any atom is 0.199 e. The molecule has 9 heteroatoms. The van der Waals surface area contributed by atoms with Crippen LogP contribution in [0.15, 0.2) is 43.0 Å². The highest BCUT2D eigenvalue weighted by atomic mass is 32.2. The third kappa shape index (κ3) is 4.78. The van der Waals surface area contributed by atoms with E-state index in [-0.39, 0.29) is 17.5 Å². The van der Waals surface area contributed by atoms with Crippen molar-refractivity contribution in [1.82, 2.24) is 19.2 Å². The van der Waals surface area contributed by atoms with Gasteiger partial charge in [-0.15, -0.1) is 6.58 Å². The molecule has 1 fully saturated rings. The number of ether oxygens (including phenoxy) is 1. The summed E-state index contributed by atoms with van der Waals surface area (Å²) in [6.45, 7) is 5.94. The second-order valence-corrected chi connectivity index (χ2v) is 9.47. The molecule has 0 saturated carbocycles. The van der Waals surface area contributed by atoms with Gasteiger partial charge in [0.25, 0.3) is 0 Å². The molecule has 0 bridgehead atoms. The zero-order valence-corrected chi connectivity index (χ0v) is 17.7. The highest BCUT2D eigenvalue weighted by Gasteiger charge is 2.32. The van der Waals surface area contributed by atoms with Gasteiger partial charge in [0.05, 0.1) is 24.8 Å². The lowest BCUT2D eigenvalue weighted by molar-refractivity contribution is 0.0980. The first-order valence-corrected chi connectivity index (χ1v) is 11.5. The van der Waals surface area contributed by atoms with E-state index in [0.717, 1.165) is 11.4 Å². The molecule has 1 aliphatic heterocycles. The summed E-state index contributed by atoms with van der Waals surface area (Å²) in [7, 11) is -1.34. The van der Waals surface area contributed by atoms with Gasteiger partial charge in [-0.2, -0.15) is 5.10 Å². The molecule has 152 valence electrons. The van der Waals surface area contributed by atoms with E-state index >= 15 is 0 Å². The van der Waals surface area contributed by atoms with Crippen molar-refractivity contribution < 1.29 is 13.2 Å². The molecule has 7 nitrogen and oxygen atoms in total. The molecule has 0 N–H and O–H groups in total. The number of aromatic nitrogens is 3. The fourth-order valence-corrected chi connectivity index (χ4v) is 5.46. The van der Waals surface area contributed by atoms with Crippen LogP contribution in [0.3, 0.4) is 0 Å². The molecule has 0 aliphatic carbocycles. The third-order valence-corrected chi connectivity index (χ3v) is 7.07. The van der Waals surface area contributed by atoms with Crippen LogP contribution in [0, 0.1) is 4.77 Å². The quantitative estimate of drug-likeness (QED) is 0.456. The fraction of sp³-hybridized carbons (Fsp3) is 0.474. The molecule has 0 radical (unpaired) electrons. The van der Waals surface area contributed by atoms with Crippen molar-refractivity contribution in [2.75, 3.05) is 31.8 Å². The largest absolute Gasteiger partial charge is 0.383 e. The highest BCUT2D eigenvalue weighted by Crippen LogP contribution is 2.21. The van der Waals surface area contributed by atoms with Crippen molar-refractivity contribution in [3.05, 3.63) is 47.8 Å². The van der Waals surface area contributed by atoms with E-state index in [9.17, 15) is 8.42 Å². The van der Waals surface area contributed by atoms with E-state index in [1.54, 1.807) is 17.9 Å². The molecule has 1 aromatic carbocycles. The summed E-state index contributed by atoms with van der Waals surface area (Å²) in [5.41, 5.74) is 0.973. The lowest BCUT2D eigenvalue weighted by Crippen LogP contribution is -2.40. The number of allylic oxidation sites excluding steroid dienone is 1. The Kier molecular flexibility index (Phi) is 6.82. The van der Waals surface area contributed by atoms with Crippen LogP contribution < -0.4 is 0 Å². The van der Waals surface area contributed by atoms with E-state index in [0.29, 0.717) is 37.6 Å². The number of hydrogen-bond donors (Lipinski definition) is 0. The van der Waals surface area contributed by atoms with E-state index in [1.807, 2.05) is 34.9 Å². The number of benzene rings is 1. The van der Waals surface area contributed by atoms with Gasteiger partial charge in [-0.1, -0.05) is 36.4 Å². The van der Waals surface area contributed by atoms with Crippen molar-refractivity contribution in [3.8, 4) is 11.4 Å². The SMILES string of the molecule is C=CCn1c(-c2ccccc2)nn(CN(CCOC)[C@@H]2CCS(=O)(=O)C2)c1=S. The van der Waals surface area contributed by atoms with Crippen molar-refractivity contribution in [3.63, 3.8) is 0 Å². The number of hydrogen-bond acceptors (Lipinski definition) is 6. The minimum atomic E-state index is -2.98. The van der Waals surface area contributed by atoms with Crippen LogP contribution >= 0.6 is 12.2 Å². The summed E-state index contributed by atoms with van der Waals surface area (Å²) in [4.78, 5) is 2.10. The molecule has 1 atom stereocenters. The van der Waals surface area contributed by atoms with Crippen LogP contribution in [0.2, 0.25) is 0 Å². The molecule has 3 rings (SSSR count). The predicted molar refractivity (Wildman–Crippen MR) is 112 cm³/mol. The Morgan fingerprint density at radius 2 is 2.14 bits per heavy atom. The molecular formula is C19H26N4O3S2. The maximum absolute atomic E-state index is 12.0. The first-order valence-electron chi connectivity index (χ1n) is 9.22. The zero-order chi connectivity index (χ0) is 20.1. The summed E-state index contributed by atoms with van der Waals surface area (Å²) in [5.74, 6) is 1.17. The van der Waals surface area contributed by atoms with Gasteiger partial charge >= 0.3 is 0 Å². The first-order chi connectivity index (χ1) is 13.4. The smallest absolute Gasteiger partial charge is 0.199 e. The van der Waals surface area contributed by atoms with E-state index in [2.05, 4.69) is 11.5 Å². The molecule has 28 heavy (non-hydrogen) atoms. The van der Waals surface area contributed by atoms with Gasteiger partial charge in [0.2, 0.25) is 0 Å². The van der Waals surface area contributed by atoms with Crippen molar-refractivity contribution in [2.24, 2.45) is 0 Å². The van der Waals surface area contributed by atoms with Crippen molar-refractivity contribution >= 4 is 22.1 Å². The lowest BCUT2D eigenvalue weighted by Gasteiger charge is -2.27. The summed E-state index contributed by atoms with van der Waals surface area (Å²) >= 11 is 5.67. The van der Waals surface area contributed by atoms with Gasteiger partial charge in [0.15, 0.2) is 20.4 Å². The van der Waals surface area contributed by atoms with Gasteiger partial charge in [0, 0.05) is 31.8 Å². The topological polar surface area (TPSA) is 69.4 Å². The third-order valence-electron chi connectivity index (χ3n) is 4.89. The average molecular weight is 423 g/mol. The molecule has 1 aromatic heterocycles. The summed E-state index contributed by atoms with van der Waals surface area (Å²) in [6.07, 6.45) is 2.42. The number of methoxy groups -OCH3 is 1. The minimum Gasteiger partial charge on any atom is -0.383 e. The molecule has 0 unspecified atom stereocenters. The number of sulfone groups is 1. The van der Waals surface area contributed by atoms with E-state index < -0.39 is 9.84 Å². The molecule has 1 aliphatic rings. The Labute approximate surface area is 171 Å². The van der Waals surface area contributed by atoms with Crippen LogP contribution in [-0.4, -0.2) is 65.5 Å². The van der Waals surface area contributed by atoms with Crippen molar-refractivity contribution in [1.29, 1.82) is 0 Å². The molecule has 2 aromatic rings. The Morgan fingerprint density at radius 3 is 2.75 bits per heavy atom. The molecule has 2 heterocycles. The minimum absolute atomic E-state index is 0.0493. The summed E-state index contributed by atoms with van der Waals surface area (Å²) in [6, 6.07) is 9.82. The van der Waals surface area contributed by atoms with Crippen LogP contribution in [0.1, 0.15) is 6.42 Å². The molecular weight excluding hydrogens is 396 g/mol. The molecule has 0 spiro atoms. The fourth-order valence-electron chi connectivity index (χ4n) is 3.44. The van der Waals surface area contributed by atoms with Gasteiger partial charge < -0.3 is 4.74 Å². The molecule has 1 saturated heterocycles. The normalized spacial score (nSPS) is 18.6. The van der Waals surface area contributed by atoms with Crippen LogP contribution in [-0.2, 0) is 27.8 Å². The first kappa shape index (κ1) is 20.9. The van der Waals surface area contributed by atoms with Gasteiger partial charge in [-0.3, -0.25) is 9.47 Å². The number of rotatable bonds is 9. The van der Waals surface area contributed by atoms with Crippen LogP contribution in [0.5, 0.6) is 0 Å². The maximum atomic E-state index is 12.0. The van der Waals surface area contributed by atoms with Gasteiger partial charge in [-0.05, 0) is 18.6 Å². The Morgan fingerprint density at radius 1 is 1.39 bits per heavy atom. The van der Waals surface area contributed by atoms with Gasteiger partial charge in [-0.25, -0.2) is 13.1 Å². The zero-order valence-electron chi connectivity index (χ0n) is 16.0. The highest BCUT2D eigenvalue weighted by molar-refractivity contribution is 7.91.